The Balaban J connectivity index is -0.0000000450. The van der Waals surface area contributed by atoms with Crippen molar-refractivity contribution in [1.29, 1.82) is 0 Å². The topological polar surface area (TPSA) is 139 Å². The molecular weight excluding hydrogens is 253 g/mol. The van der Waals surface area contributed by atoms with Gasteiger partial charge in [0, 0.05) is 45.8 Å². The molecule has 9 N–H and O–H groups in total. The van der Waals surface area contributed by atoms with Crippen molar-refractivity contribution >= 4 is 0 Å². The number of aliphatic hydroxyl groups excluding tert-OH is 3. The van der Waals surface area contributed by atoms with E-state index in [1.165, 1.54) is 0 Å². The first-order valence-corrected chi connectivity index (χ1v) is 3.67. The van der Waals surface area contributed by atoms with Crippen LogP contribution in [0, 0.1) is 0 Å². The predicted molar refractivity (Wildman–Crippen MR) is 48.4 cm³/mol. The van der Waals surface area contributed by atoms with Gasteiger partial charge in [0.25, 0.3) is 0 Å². The van der Waals surface area contributed by atoms with Crippen LogP contribution in [0.25, 0.3) is 0 Å². The third-order valence-electron chi connectivity index (χ3n) is 0.387. The second kappa shape index (κ2) is 38.8. The van der Waals surface area contributed by atoms with Crippen LogP contribution in [0.2, 0.25) is 0 Å². The Labute approximate surface area is 98.2 Å². The number of hydrogen-bond donors (Lipinski definition) is 6. The second-order valence-corrected chi connectivity index (χ2v) is 1.54. The van der Waals surface area contributed by atoms with E-state index in [-0.39, 0.29) is 46.0 Å². The molecule has 0 amide bonds. The van der Waals surface area contributed by atoms with E-state index in [9.17, 15) is 0 Å². The molecule has 0 aliphatic rings. The molecule has 0 aliphatic carbocycles. The molecule has 6 nitrogen and oxygen atoms in total. The van der Waals surface area contributed by atoms with Crippen molar-refractivity contribution in [3.63, 3.8) is 0 Å². The van der Waals surface area contributed by atoms with Crippen molar-refractivity contribution in [3.8, 4) is 0 Å². The van der Waals surface area contributed by atoms with Crippen LogP contribution in [0.15, 0.2) is 0 Å². The molecule has 0 heterocycles. The summed E-state index contributed by atoms with van der Waals surface area (Å²) in [7, 11) is 0. The summed E-state index contributed by atoms with van der Waals surface area (Å²) < 4.78 is 0. The molecule has 0 aliphatic heterocycles. The van der Waals surface area contributed by atoms with Crippen molar-refractivity contribution in [2.24, 2.45) is 17.2 Å². The standard InChI is InChI=1S/3C2H7NO.Zr/c3*3-1-2-4;/h3*4H,1-3H2;. The molecule has 0 saturated heterocycles. The molecule has 0 rings (SSSR count). The van der Waals surface area contributed by atoms with E-state index in [1.54, 1.807) is 0 Å². The summed E-state index contributed by atoms with van der Waals surface area (Å²) >= 11 is 0. The van der Waals surface area contributed by atoms with Gasteiger partial charge < -0.3 is 32.5 Å². The van der Waals surface area contributed by atoms with E-state index < -0.39 is 0 Å². The van der Waals surface area contributed by atoms with Crippen molar-refractivity contribution in [1.82, 2.24) is 0 Å². The Morgan fingerprint density at radius 1 is 0.615 bits per heavy atom. The minimum absolute atomic E-state index is 0. The monoisotopic (exact) mass is 273 g/mol. The van der Waals surface area contributed by atoms with Gasteiger partial charge in [0.1, 0.15) is 0 Å². The first-order valence-electron chi connectivity index (χ1n) is 3.67. The summed E-state index contributed by atoms with van der Waals surface area (Å²) in [6.07, 6.45) is 0. The average Bonchev–Trinajstić information content (AvgIpc) is 2.18. The number of aliphatic hydroxyl groups is 3. The molecule has 0 radical (unpaired) electrons. The van der Waals surface area contributed by atoms with Crippen LogP contribution in [0.3, 0.4) is 0 Å². The molecule has 0 saturated carbocycles. The maximum atomic E-state index is 7.75. The zero-order chi connectivity index (χ0) is 10.2. The van der Waals surface area contributed by atoms with Gasteiger partial charge in [0.15, 0.2) is 0 Å². The zero-order valence-corrected chi connectivity index (χ0v) is 10.3. The maximum absolute atomic E-state index is 7.75. The molecule has 0 unspecified atom stereocenters. The van der Waals surface area contributed by atoms with Crippen LogP contribution < -0.4 is 17.2 Å². The summed E-state index contributed by atoms with van der Waals surface area (Å²) in [5.74, 6) is 0. The maximum Gasteiger partial charge on any atom is 0.0553 e. The molecule has 0 fully saturated rings. The minimum atomic E-state index is 0. The Bertz CT molecular complexity index is 38.6. The van der Waals surface area contributed by atoms with Gasteiger partial charge in [0.2, 0.25) is 0 Å². The molecule has 0 atom stereocenters. The quantitative estimate of drug-likeness (QED) is 0.321. The van der Waals surface area contributed by atoms with E-state index in [0.29, 0.717) is 19.6 Å². The third-order valence-corrected chi connectivity index (χ3v) is 0.387. The molecule has 82 valence electrons. The van der Waals surface area contributed by atoms with Crippen LogP contribution in [-0.4, -0.2) is 54.8 Å². The van der Waals surface area contributed by atoms with Gasteiger partial charge in [-0.05, 0) is 0 Å². The Hall–Kier alpha value is 0.643. The molecule has 0 aromatic heterocycles. The molecule has 7 heteroatoms. The van der Waals surface area contributed by atoms with Crippen LogP contribution in [-0.2, 0) is 26.2 Å². The zero-order valence-electron chi connectivity index (χ0n) is 7.82. The third kappa shape index (κ3) is 108. The van der Waals surface area contributed by atoms with Crippen molar-refractivity contribution < 1.29 is 41.5 Å². The van der Waals surface area contributed by atoms with Gasteiger partial charge in [-0.15, -0.1) is 0 Å². The first-order chi connectivity index (χ1) is 5.74. The van der Waals surface area contributed by atoms with Gasteiger partial charge in [-0.25, -0.2) is 0 Å². The average molecular weight is 274 g/mol. The Kier molecular flexibility index (Phi) is 70.1. The van der Waals surface area contributed by atoms with E-state index in [4.69, 9.17) is 32.5 Å². The van der Waals surface area contributed by atoms with Crippen LogP contribution in [0.5, 0.6) is 0 Å². The van der Waals surface area contributed by atoms with Crippen molar-refractivity contribution in [3.05, 3.63) is 0 Å². The first kappa shape index (κ1) is 23.5. The number of nitrogens with two attached hydrogens (primary N) is 3. The fraction of sp³-hybridized carbons (Fsp3) is 1.00. The molecule has 13 heavy (non-hydrogen) atoms. The normalized spacial score (nSPS) is 6.92. The Morgan fingerprint density at radius 3 is 0.692 bits per heavy atom. The van der Waals surface area contributed by atoms with Crippen LogP contribution in [0.1, 0.15) is 0 Å². The Morgan fingerprint density at radius 2 is 0.692 bits per heavy atom. The van der Waals surface area contributed by atoms with E-state index in [1.807, 2.05) is 0 Å². The summed E-state index contributed by atoms with van der Waals surface area (Å²) in [5, 5.41) is 23.2. The van der Waals surface area contributed by atoms with Crippen molar-refractivity contribution in [2.75, 3.05) is 39.5 Å². The van der Waals surface area contributed by atoms with Gasteiger partial charge in [-0.3, -0.25) is 0 Å². The predicted octanol–water partition coefficient (Wildman–Crippen LogP) is -3.19. The van der Waals surface area contributed by atoms with Crippen LogP contribution >= 0.6 is 0 Å². The van der Waals surface area contributed by atoms with Gasteiger partial charge in [-0.1, -0.05) is 0 Å². The summed E-state index contributed by atoms with van der Waals surface area (Å²) in [5.41, 5.74) is 14.3. The fourth-order valence-corrected chi connectivity index (χ4v) is 0. The summed E-state index contributed by atoms with van der Waals surface area (Å²) in [6, 6.07) is 0. The molecule has 0 spiro atoms. The second-order valence-electron chi connectivity index (χ2n) is 1.54. The number of rotatable bonds is 3. The molecule has 0 aromatic carbocycles. The fourth-order valence-electron chi connectivity index (χ4n) is 0. The summed E-state index contributed by atoms with van der Waals surface area (Å²) in [4.78, 5) is 0. The van der Waals surface area contributed by atoms with E-state index in [2.05, 4.69) is 0 Å². The van der Waals surface area contributed by atoms with E-state index in [0.717, 1.165) is 0 Å². The van der Waals surface area contributed by atoms with Crippen molar-refractivity contribution in [2.45, 2.75) is 0 Å². The molecule has 0 bridgehead atoms. The van der Waals surface area contributed by atoms with Gasteiger partial charge >= 0.3 is 0 Å². The van der Waals surface area contributed by atoms with Gasteiger partial charge in [0.05, 0.1) is 19.8 Å². The van der Waals surface area contributed by atoms with E-state index >= 15 is 0 Å². The van der Waals surface area contributed by atoms with Gasteiger partial charge in [-0.2, -0.15) is 0 Å². The smallest absolute Gasteiger partial charge is 0.0553 e. The molecular formula is C6H21N3O3Zr. The minimum Gasteiger partial charge on any atom is -0.395 e. The number of hydrogen-bond acceptors (Lipinski definition) is 6. The SMILES string of the molecule is NCCO.NCCO.NCCO.[Zr]. The summed E-state index contributed by atoms with van der Waals surface area (Å²) in [6.45, 7) is 1.42. The van der Waals surface area contributed by atoms with Crippen LogP contribution in [0.4, 0.5) is 0 Å². The molecule has 0 aromatic rings. The largest absolute Gasteiger partial charge is 0.395 e.